The highest BCUT2D eigenvalue weighted by Crippen LogP contribution is 2.41. The van der Waals surface area contributed by atoms with Crippen LogP contribution in [0.1, 0.15) is 0 Å². The molecule has 0 saturated carbocycles. The van der Waals surface area contributed by atoms with Gasteiger partial charge in [-0.3, -0.25) is 0 Å². The van der Waals surface area contributed by atoms with Crippen molar-refractivity contribution < 1.29 is 8.78 Å². The summed E-state index contributed by atoms with van der Waals surface area (Å²) in [5, 5.41) is -0.456. The minimum absolute atomic E-state index is 0.456. The Hall–Kier alpha value is -0.110. The van der Waals surface area contributed by atoms with Crippen molar-refractivity contribution in [3.05, 3.63) is 11.1 Å². The molecule has 0 unspecified atom stereocenters. The quantitative estimate of drug-likeness (QED) is 0.443. The third kappa shape index (κ3) is 0.411. The molecule has 1 radical (unpaired) electrons. The average Bonchev–Trinajstić information content (AvgIpc) is 1.73. The summed E-state index contributed by atoms with van der Waals surface area (Å²) in [4.78, 5) is 0. The lowest BCUT2D eigenvalue weighted by molar-refractivity contribution is 0.143. The number of allylic oxidation sites excluding steroid dienone is 2. The highest BCUT2D eigenvalue weighted by atomic mass is 35.5. The first kappa shape index (κ1) is 4.06. The van der Waals surface area contributed by atoms with E-state index in [1.54, 1.807) is 6.08 Å². The maximum atomic E-state index is 11.2. The molecule has 0 aromatic rings. The molecule has 33 valence electrons. The summed E-state index contributed by atoms with van der Waals surface area (Å²) in [5.74, 6) is -2.86. The highest BCUT2D eigenvalue weighted by Gasteiger charge is 2.45. The Balaban J connectivity index is 2.53. The zero-order valence-corrected chi connectivity index (χ0v) is 3.39. The van der Waals surface area contributed by atoms with E-state index in [9.17, 15) is 8.78 Å². The molecule has 1 aliphatic rings. The molecular weight excluding hydrogens is 109 g/mol. The first-order valence-electron chi connectivity index (χ1n) is 1.32. The van der Waals surface area contributed by atoms with E-state index in [-0.39, 0.29) is 0 Å². The van der Waals surface area contributed by atoms with Crippen LogP contribution in [0.2, 0.25) is 0 Å². The van der Waals surface area contributed by atoms with Gasteiger partial charge in [-0.25, -0.2) is 0 Å². The van der Waals surface area contributed by atoms with Crippen LogP contribution in [0.15, 0.2) is 5.03 Å². The molecule has 0 nitrogen and oxygen atoms in total. The van der Waals surface area contributed by atoms with Crippen molar-refractivity contribution in [1.29, 1.82) is 0 Å². The summed E-state index contributed by atoms with van der Waals surface area (Å²) >= 11 is 4.73. The fourth-order valence-electron chi connectivity index (χ4n) is 0.107. The summed E-state index contributed by atoms with van der Waals surface area (Å²) < 4.78 is 22.5. The Morgan fingerprint density at radius 1 is 1.67 bits per heavy atom. The molecule has 0 atom stereocenters. The van der Waals surface area contributed by atoms with Crippen LogP contribution in [0.5, 0.6) is 0 Å². The lowest BCUT2D eigenvalue weighted by Gasteiger charge is -1.82. The molecule has 0 saturated heterocycles. The average molecular weight is 109 g/mol. The molecule has 0 N–H and O–H groups in total. The van der Waals surface area contributed by atoms with Gasteiger partial charge in [-0.2, -0.15) is 8.78 Å². The van der Waals surface area contributed by atoms with Crippen LogP contribution in [0.3, 0.4) is 0 Å². The van der Waals surface area contributed by atoms with Crippen molar-refractivity contribution in [2.24, 2.45) is 0 Å². The van der Waals surface area contributed by atoms with Crippen LogP contribution in [0.4, 0.5) is 8.78 Å². The standard InChI is InChI=1S/C3ClF2/c4-2-1-3(2,5)6. The summed E-state index contributed by atoms with van der Waals surface area (Å²) in [6.07, 6.45) is 1.62. The summed E-state index contributed by atoms with van der Waals surface area (Å²) in [6.45, 7) is 0. The Labute approximate surface area is 38.4 Å². The van der Waals surface area contributed by atoms with Gasteiger partial charge in [0.15, 0.2) is 0 Å². The molecule has 0 aromatic heterocycles. The molecule has 3 heteroatoms. The smallest absolute Gasteiger partial charge is 0.195 e. The van der Waals surface area contributed by atoms with E-state index in [1.807, 2.05) is 0 Å². The van der Waals surface area contributed by atoms with Gasteiger partial charge in [0, 0.05) is 0 Å². The zero-order chi connectivity index (χ0) is 4.78. The largest absolute Gasteiger partial charge is 0.311 e. The topological polar surface area (TPSA) is 0 Å². The molecule has 0 aliphatic heterocycles. The fourth-order valence-corrected chi connectivity index (χ4v) is 0.225. The molecular formula is C3ClF2. The van der Waals surface area contributed by atoms with Crippen molar-refractivity contribution in [3.63, 3.8) is 0 Å². The van der Waals surface area contributed by atoms with Crippen molar-refractivity contribution in [2.45, 2.75) is 5.92 Å². The molecule has 0 aromatic carbocycles. The van der Waals surface area contributed by atoms with Gasteiger partial charge >= 0.3 is 5.92 Å². The normalized spacial score (nSPS) is 26.2. The van der Waals surface area contributed by atoms with Gasteiger partial charge < -0.3 is 0 Å². The second kappa shape index (κ2) is 0.757. The molecule has 6 heavy (non-hydrogen) atoms. The van der Waals surface area contributed by atoms with E-state index < -0.39 is 11.0 Å². The molecule has 0 heterocycles. The predicted molar refractivity (Wildman–Crippen MR) is 17.6 cm³/mol. The van der Waals surface area contributed by atoms with E-state index >= 15 is 0 Å². The van der Waals surface area contributed by atoms with Crippen LogP contribution < -0.4 is 0 Å². The lowest BCUT2D eigenvalue weighted by atomic mass is 10.7. The first-order chi connectivity index (χ1) is 2.63. The molecule has 0 amide bonds. The van der Waals surface area contributed by atoms with Crippen molar-refractivity contribution in [2.75, 3.05) is 0 Å². The van der Waals surface area contributed by atoms with Gasteiger partial charge in [-0.15, -0.1) is 0 Å². The zero-order valence-electron chi connectivity index (χ0n) is 2.63. The van der Waals surface area contributed by atoms with Crippen molar-refractivity contribution in [1.82, 2.24) is 0 Å². The third-order valence-corrected chi connectivity index (χ3v) is 0.812. The van der Waals surface area contributed by atoms with Gasteiger partial charge in [0.1, 0.15) is 5.03 Å². The van der Waals surface area contributed by atoms with Crippen molar-refractivity contribution >= 4 is 11.6 Å². The number of halogens is 3. The van der Waals surface area contributed by atoms with Gasteiger partial charge in [-0.05, 0) is 0 Å². The van der Waals surface area contributed by atoms with Crippen LogP contribution in [0.25, 0.3) is 0 Å². The number of hydrogen-bond acceptors (Lipinski definition) is 0. The molecule has 1 aliphatic carbocycles. The monoisotopic (exact) mass is 109 g/mol. The maximum Gasteiger partial charge on any atom is 0.311 e. The van der Waals surface area contributed by atoms with Gasteiger partial charge in [0.05, 0.1) is 6.08 Å². The Morgan fingerprint density at radius 3 is 1.83 bits per heavy atom. The molecule has 0 spiro atoms. The fraction of sp³-hybridized carbons (Fsp3) is 0.333. The molecule has 0 fully saturated rings. The van der Waals surface area contributed by atoms with E-state index in [0.29, 0.717) is 0 Å². The Kier molecular flexibility index (Phi) is 0.512. The number of alkyl halides is 2. The van der Waals surface area contributed by atoms with Crippen LogP contribution in [-0.2, 0) is 0 Å². The van der Waals surface area contributed by atoms with Gasteiger partial charge in [-0.1, -0.05) is 11.6 Å². The number of rotatable bonds is 0. The Morgan fingerprint density at radius 2 is 1.83 bits per heavy atom. The van der Waals surface area contributed by atoms with Crippen molar-refractivity contribution in [3.8, 4) is 0 Å². The highest BCUT2D eigenvalue weighted by molar-refractivity contribution is 6.32. The summed E-state index contributed by atoms with van der Waals surface area (Å²) in [7, 11) is 0. The third-order valence-electron chi connectivity index (χ3n) is 0.480. The minimum atomic E-state index is -2.86. The van der Waals surface area contributed by atoms with Gasteiger partial charge in [0.2, 0.25) is 0 Å². The maximum absolute atomic E-state index is 11.2. The van der Waals surface area contributed by atoms with E-state index in [0.717, 1.165) is 0 Å². The molecule has 0 bridgehead atoms. The molecule has 1 rings (SSSR count). The van der Waals surface area contributed by atoms with Crippen LogP contribution >= 0.6 is 11.6 Å². The lowest BCUT2D eigenvalue weighted by Crippen LogP contribution is -1.88. The van der Waals surface area contributed by atoms with E-state index in [1.165, 1.54) is 0 Å². The summed E-state index contributed by atoms with van der Waals surface area (Å²) in [6, 6.07) is 0. The van der Waals surface area contributed by atoms with E-state index in [2.05, 4.69) is 0 Å². The second-order valence-corrected chi connectivity index (χ2v) is 1.39. The van der Waals surface area contributed by atoms with Gasteiger partial charge in [0.25, 0.3) is 0 Å². The number of hydrogen-bond donors (Lipinski definition) is 0. The van der Waals surface area contributed by atoms with E-state index in [4.69, 9.17) is 11.6 Å². The Bertz CT molecular complexity index is 105. The second-order valence-electron chi connectivity index (χ2n) is 1.01. The SMILES string of the molecule is FC1(F)[C]=C1Cl. The predicted octanol–water partition coefficient (Wildman–Crippen LogP) is 1.56. The van der Waals surface area contributed by atoms with Crippen LogP contribution in [0, 0.1) is 6.08 Å². The minimum Gasteiger partial charge on any atom is -0.195 e. The summed E-state index contributed by atoms with van der Waals surface area (Å²) in [5.41, 5.74) is 0. The first-order valence-corrected chi connectivity index (χ1v) is 1.69. The van der Waals surface area contributed by atoms with Crippen LogP contribution in [-0.4, -0.2) is 5.92 Å².